The molecule has 3 rings (SSSR count). The molecule has 0 bridgehead atoms. The maximum absolute atomic E-state index is 12.4. The Bertz CT molecular complexity index is 650. The molecule has 6 heteroatoms. The summed E-state index contributed by atoms with van der Waals surface area (Å²) < 4.78 is 1.99. The van der Waals surface area contributed by atoms with Gasteiger partial charge in [-0.3, -0.25) is 14.7 Å². The van der Waals surface area contributed by atoms with Crippen LogP contribution >= 0.6 is 0 Å². The zero-order valence-electron chi connectivity index (χ0n) is 13.6. The molecular weight excluding hydrogens is 290 g/mol. The lowest BCUT2D eigenvalue weighted by molar-refractivity contribution is -0.123. The van der Waals surface area contributed by atoms with Gasteiger partial charge in [0, 0.05) is 32.2 Å². The summed E-state index contributed by atoms with van der Waals surface area (Å²) in [7, 11) is 3.90. The van der Waals surface area contributed by atoms with Crippen molar-refractivity contribution in [1.82, 2.24) is 24.8 Å². The minimum absolute atomic E-state index is 0.0192. The first kappa shape index (κ1) is 15.7. The van der Waals surface area contributed by atoms with E-state index in [9.17, 15) is 4.79 Å². The van der Waals surface area contributed by atoms with Gasteiger partial charge in [-0.05, 0) is 37.9 Å². The van der Waals surface area contributed by atoms with Crippen LogP contribution < -0.4 is 5.32 Å². The summed E-state index contributed by atoms with van der Waals surface area (Å²) in [5, 5.41) is 3.15. The van der Waals surface area contributed by atoms with E-state index in [1.54, 1.807) is 12.4 Å². The van der Waals surface area contributed by atoms with E-state index in [1.165, 1.54) is 0 Å². The first-order valence-electron chi connectivity index (χ1n) is 7.98. The summed E-state index contributed by atoms with van der Waals surface area (Å²) >= 11 is 0. The molecule has 2 aromatic rings. The number of likely N-dealkylation sites (N-methyl/N-ethyl adjacent to an activating group) is 1. The molecule has 0 spiro atoms. The second-order valence-electron chi connectivity index (χ2n) is 6.27. The molecule has 0 radical (unpaired) electrons. The number of carbonyl (C=O) groups excluding carboxylic acids is 1. The van der Waals surface area contributed by atoms with Gasteiger partial charge in [-0.1, -0.05) is 6.07 Å². The van der Waals surface area contributed by atoms with Gasteiger partial charge in [-0.25, -0.2) is 4.98 Å². The van der Waals surface area contributed by atoms with Crippen LogP contribution in [0.3, 0.4) is 0 Å². The summed E-state index contributed by atoms with van der Waals surface area (Å²) in [6, 6.07) is 5.84. The second-order valence-corrected chi connectivity index (χ2v) is 6.27. The van der Waals surface area contributed by atoms with Gasteiger partial charge in [0.2, 0.25) is 5.91 Å². The van der Waals surface area contributed by atoms with Crippen LogP contribution in [0.2, 0.25) is 0 Å². The van der Waals surface area contributed by atoms with E-state index in [-0.39, 0.29) is 11.9 Å². The molecule has 1 aliphatic rings. The lowest BCUT2D eigenvalue weighted by atomic mass is 10.1. The molecule has 1 aliphatic carbocycles. The molecule has 1 fully saturated rings. The topological polar surface area (TPSA) is 63.1 Å². The standard InChI is InChI=1S/C17H23N5O/c1-21(11-14-5-3-4-8-18-14)12-15(23)20-16(13-6-7-13)17-19-9-10-22(17)2/h3-5,8-10,13,16H,6-7,11-12H2,1-2H3,(H,20,23). The maximum atomic E-state index is 12.4. The van der Waals surface area contributed by atoms with Crippen LogP contribution in [0.15, 0.2) is 36.8 Å². The normalized spacial score (nSPS) is 15.6. The Morgan fingerprint density at radius 2 is 2.22 bits per heavy atom. The number of rotatable bonds is 7. The number of pyridine rings is 1. The predicted molar refractivity (Wildman–Crippen MR) is 87.4 cm³/mol. The van der Waals surface area contributed by atoms with Crippen molar-refractivity contribution in [1.29, 1.82) is 0 Å². The van der Waals surface area contributed by atoms with Crippen LogP contribution in [-0.2, 0) is 18.4 Å². The van der Waals surface area contributed by atoms with Crippen LogP contribution in [0.4, 0.5) is 0 Å². The summed E-state index contributed by atoms with van der Waals surface area (Å²) in [5.41, 5.74) is 0.964. The van der Waals surface area contributed by atoms with Gasteiger partial charge in [0.25, 0.3) is 0 Å². The molecule has 0 saturated heterocycles. The van der Waals surface area contributed by atoms with Crippen molar-refractivity contribution in [2.75, 3.05) is 13.6 Å². The summed E-state index contributed by atoms with van der Waals surface area (Å²) in [4.78, 5) is 23.0. The highest BCUT2D eigenvalue weighted by molar-refractivity contribution is 5.78. The molecule has 1 saturated carbocycles. The highest BCUT2D eigenvalue weighted by Crippen LogP contribution is 2.40. The third-order valence-electron chi connectivity index (χ3n) is 4.12. The highest BCUT2D eigenvalue weighted by Gasteiger charge is 2.35. The fourth-order valence-corrected chi connectivity index (χ4v) is 2.79. The Morgan fingerprint density at radius 3 is 2.83 bits per heavy atom. The molecule has 1 amide bonds. The van der Waals surface area contributed by atoms with Gasteiger partial charge < -0.3 is 9.88 Å². The van der Waals surface area contributed by atoms with Crippen molar-refractivity contribution in [3.05, 3.63) is 48.3 Å². The number of carbonyl (C=O) groups is 1. The van der Waals surface area contributed by atoms with E-state index in [4.69, 9.17) is 0 Å². The van der Waals surface area contributed by atoms with E-state index in [2.05, 4.69) is 15.3 Å². The molecular formula is C17H23N5O. The summed E-state index contributed by atoms with van der Waals surface area (Å²) in [5.74, 6) is 1.48. The number of amides is 1. The van der Waals surface area contributed by atoms with Gasteiger partial charge >= 0.3 is 0 Å². The molecule has 0 aromatic carbocycles. The lowest BCUT2D eigenvalue weighted by Gasteiger charge is -2.21. The van der Waals surface area contributed by atoms with E-state index >= 15 is 0 Å². The number of hydrogen-bond donors (Lipinski definition) is 1. The number of hydrogen-bond acceptors (Lipinski definition) is 4. The Labute approximate surface area is 136 Å². The first-order valence-corrected chi connectivity index (χ1v) is 7.98. The van der Waals surface area contributed by atoms with Crippen molar-refractivity contribution < 1.29 is 4.79 Å². The number of aryl methyl sites for hydroxylation is 1. The third kappa shape index (κ3) is 4.16. The predicted octanol–water partition coefficient (Wildman–Crippen LogP) is 1.51. The largest absolute Gasteiger partial charge is 0.345 e. The van der Waals surface area contributed by atoms with Crippen LogP contribution in [0.25, 0.3) is 0 Å². The minimum Gasteiger partial charge on any atom is -0.345 e. The fourth-order valence-electron chi connectivity index (χ4n) is 2.79. The Hall–Kier alpha value is -2.21. The van der Waals surface area contributed by atoms with Gasteiger partial charge in [0.05, 0.1) is 18.3 Å². The molecule has 122 valence electrons. The van der Waals surface area contributed by atoms with E-state index < -0.39 is 0 Å². The first-order chi connectivity index (χ1) is 11.1. The zero-order valence-corrected chi connectivity index (χ0v) is 13.6. The molecule has 2 aromatic heterocycles. The Kier molecular flexibility index (Phi) is 4.71. The number of nitrogens with zero attached hydrogens (tertiary/aromatic N) is 4. The van der Waals surface area contributed by atoms with E-state index in [0.29, 0.717) is 19.0 Å². The molecule has 1 atom stereocenters. The molecule has 1 N–H and O–H groups in total. The third-order valence-corrected chi connectivity index (χ3v) is 4.12. The number of imidazole rings is 1. The summed E-state index contributed by atoms with van der Waals surface area (Å²) in [6.07, 6.45) is 7.78. The van der Waals surface area contributed by atoms with Gasteiger partial charge in [-0.2, -0.15) is 0 Å². The highest BCUT2D eigenvalue weighted by atomic mass is 16.2. The zero-order chi connectivity index (χ0) is 16.2. The van der Waals surface area contributed by atoms with Crippen LogP contribution in [0.1, 0.15) is 30.4 Å². The molecule has 6 nitrogen and oxygen atoms in total. The fraction of sp³-hybridized carbons (Fsp3) is 0.471. The molecule has 2 heterocycles. The second kappa shape index (κ2) is 6.91. The number of nitrogens with one attached hydrogen (secondary N) is 1. The average Bonchev–Trinajstić information content (AvgIpc) is 3.27. The monoisotopic (exact) mass is 313 g/mol. The van der Waals surface area contributed by atoms with Crippen molar-refractivity contribution >= 4 is 5.91 Å². The SMILES string of the molecule is CN(CC(=O)NC(c1nccn1C)C1CC1)Cc1ccccn1. The van der Waals surface area contributed by atoms with E-state index in [0.717, 1.165) is 24.4 Å². The molecule has 0 aliphatic heterocycles. The van der Waals surface area contributed by atoms with Crippen molar-refractivity contribution in [2.24, 2.45) is 13.0 Å². The minimum atomic E-state index is 0.0192. The van der Waals surface area contributed by atoms with Crippen LogP contribution in [0, 0.1) is 5.92 Å². The summed E-state index contributed by atoms with van der Waals surface area (Å²) in [6.45, 7) is 1.01. The quantitative estimate of drug-likeness (QED) is 0.842. The molecule has 23 heavy (non-hydrogen) atoms. The van der Waals surface area contributed by atoms with Crippen molar-refractivity contribution in [2.45, 2.75) is 25.4 Å². The van der Waals surface area contributed by atoms with E-state index in [1.807, 2.05) is 48.0 Å². The Balaban J connectivity index is 1.56. The smallest absolute Gasteiger partial charge is 0.234 e. The van der Waals surface area contributed by atoms with Gasteiger partial charge in [-0.15, -0.1) is 0 Å². The van der Waals surface area contributed by atoms with Gasteiger partial charge in [0.15, 0.2) is 0 Å². The molecule has 1 unspecified atom stereocenters. The Morgan fingerprint density at radius 1 is 1.39 bits per heavy atom. The van der Waals surface area contributed by atoms with Crippen LogP contribution in [0.5, 0.6) is 0 Å². The van der Waals surface area contributed by atoms with Gasteiger partial charge in [0.1, 0.15) is 5.82 Å². The lowest BCUT2D eigenvalue weighted by Crippen LogP contribution is -2.38. The average molecular weight is 313 g/mol. The number of aromatic nitrogens is 3. The maximum Gasteiger partial charge on any atom is 0.234 e. The van der Waals surface area contributed by atoms with Crippen molar-refractivity contribution in [3.8, 4) is 0 Å². The van der Waals surface area contributed by atoms with Crippen molar-refractivity contribution in [3.63, 3.8) is 0 Å². The van der Waals surface area contributed by atoms with Crippen LogP contribution in [-0.4, -0.2) is 38.9 Å².